The molecule has 2 nitrogen and oxygen atoms in total. The van der Waals surface area contributed by atoms with Crippen LogP contribution in [0.25, 0.3) is 10.8 Å². The van der Waals surface area contributed by atoms with Crippen LogP contribution in [0.2, 0.25) is 0 Å². The fourth-order valence-electron chi connectivity index (χ4n) is 3.13. The molecule has 22 heavy (non-hydrogen) atoms. The van der Waals surface area contributed by atoms with Crippen LogP contribution in [0.1, 0.15) is 45.7 Å². The van der Waals surface area contributed by atoms with E-state index in [1.54, 1.807) is 0 Å². The third kappa shape index (κ3) is 2.70. The lowest BCUT2D eigenvalue weighted by atomic mass is 9.77. The summed E-state index contributed by atoms with van der Waals surface area (Å²) >= 11 is 0. The van der Waals surface area contributed by atoms with Gasteiger partial charge in [-0.1, -0.05) is 63.6 Å². The van der Waals surface area contributed by atoms with Crippen LogP contribution in [-0.2, 0) is 5.41 Å². The van der Waals surface area contributed by atoms with Crippen molar-refractivity contribution in [3.05, 3.63) is 47.0 Å². The highest BCUT2D eigenvalue weighted by Crippen LogP contribution is 2.45. The zero-order valence-corrected chi connectivity index (χ0v) is 14.4. The lowest BCUT2D eigenvalue weighted by Gasteiger charge is -2.28. The molecular formula is C20H26O2. The highest BCUT2D eigenvalue weighted by atomic mass is 16.3. The molecule has 2 rings (SSSR count). The molecule has 2 heteroatoms. The topological polar surface area (TPSA) is 40.5 Å². The Balaban J connectivity index is 2.78. The summed E-state index contributed by atoms with van der Waals surface area (Å²) in [5, 5.41) is 22.7. The van der Waals surface area contributed by atoms with Gasteiger partial charge in [0, 0.05) is 21.8 Å². The molecule has 0 heterocycles. The molecule has 0 saturated heterocycles. The van der Waals surface area contributed by atoms with Crippen LogP contribution in [0.15, 0.2) is 35.9 Å². The van der Waals surface area contributed by atoms with Gasteiger partial charge >= 0.3 is 0 Å². The first-order valence-corrected chi connectivity index (χ1v) is 7.80. The maximum absolute atomic E-state index is 10.8. The van der Waals surface area contributed by atoms with Gasteiger partial charge in [0.2, 0.25) is 0 Å². The van der Waals surface area contributed by atoms with Gasteiger partial charge in [-0.05, 0) is 25.3 Å². The SMILES string of the molecule is C/C(=C\C(C)(C)c1c(C)c(O)c2ccccc2c1O)C(C)C. The van der Waals surface area contributed by atoms with Crippen LogP contribution in [-0.4, -0.2) is 10.2 Å². The zero-order valence-electron chi connectivity index (χ0n) is 14.4. The van der Waals surface area contributed by atoms with Crippen molar-refractivity contribution in [1.29, 1.82) is 0 Å². The number of hydrogen-bond acceptors (Lipinski definition) is 2. The second-order valence-electron chi connectivity index (χ2n) is 7.01. The van der Waals surface area contributed by atoms with Crippen molar-refractivity contribution in [2.75, 3.05) is 0 Å². The second-order valence-corrected chi connectivity index (χ2v) is 7.01. The molecule has 0 saturated carbocycles. The molecule has 0 unspecified atom stereocenters. The predicted molar refractivity (Wildman–Crippen MR) is 93.6 cm³/mol. The van der Waals surface area contributed by atoms with Crippen molar-refractivity contribution in [3.63, 3.8) is 0 Å². The maximum Gasteiger partial charge on any atom is 0.127 e. The molecule has 118 valence electrons. The molecule has 0 aliphatic carbocycles. The Morgan fingerprint density at radius 1 is 1.05 bits per heavy atom. The molecule has 2 N–H and O–H groups in total. The molecule has 2 aromatic carbocycles. The molecule has 0 aromatic heterocycles. The van der Waals surface area contributed by atoms with Gasteiger partial charge < -0.3 is 10.2 Å². The van der Waals surface area contributed by atoms with Crippen LogP contribution in [0, 0.1) is 12.8 Å². The number of hydrogen-bond donors (Lipinski definition) is 2. The summed E-state index contributed by atoms with van der Waals surface area (Å²) in [6.07, 6.45) is 2.19. The number of fused-ring (bicyclic) bond motifs is 1. The Bertz CT molecular complexity index is 737. The van der Waals surface area contributed by atoms with Crippen LogP contribution in [0.5, 0.6) is 11.5 Å². The summed E-state index contributed by atoms with van der Waals surface area (Å²) in [6.45, 7) is 12.5. The van der Waals surface area contributed by atoms with Crippen LogP contribution in [0.3, 0.4) is 0 Å². The minimum absolute atomic E-state index is 0.257. The lowest BCUT2D eigenvalue weighted by Crippen LogP contribution is -2.17. The van der Waals surface area contributed by atoms with Gasteiger partial charge in [0.05, 0.1) is 0 Å². The number of aromatic hydroxyl groups is 2. The maximum atomic E-state index is 10.8. The van der Waals surface area contributed by atoms with Crippen LogP contribution in [0.4, 0.5) is 0 Å². The second kappa shape index (κ2) is 5.68. The minimum Gasteiger partial charge on any atom is -0.507 e. The number of rotatable bonds is 3. The molecule has 2 aromatic rings. The Kier molecular flexibility index (Phi) is 4.23. The summed E-state index contributed by atoms with van der Waals surface area (Å²) in [5.74, 6) is 0.978. The molecule has 0 aliphatic heterocycles. The summed E-state index contributed by atoms with van der Waals surface area (Å²) in [6, 6.07) is 7.43. The van der Waals surface area contributed by atoms with Crippen molar-refractivity contribution in [2.45, 2.75) is 47.0 Å². The van der Waals surface area contributed by atoms with Crippen molar-refractivity contribution in [1.82, 2.24) is 0 Å². The fourth-order valence-corrected chi connectivity index (χ4v) is 3.13. The average Bonchev–Trinajstić information content (AvgIpc) is 2.44. The molecule has 0 spiro atoms. The van der Waals surface area contributed by atoms with E-state index in [9.17, 15) is 10.2 Å². The number of phenols is 2. The average molecular weight is 298 g/mol. The highest BCUT2D eigenvalue weighted by molar-refractivity contribution is 5.95. The summed E-state index contributed by atoms with van der Waals surface area (Å²) in [5.41, 5.74) is 2.46. The standard InChI is InChI=1S/C20H26O2/c1-12(2)13(3)11-20(5,6)17-14(4)18(21)15-9-7-8-10-16(15)19(17)22/h7-12,21-22H,1-6H3/b13-11+. The van der Waals surface area contributed by atoms with E-state index in [1.807, 2.05) is 31.2 Å². The fraction of sp³-hybridized carbons (Fsp3) is 0.400. The summed E-state index contributed by atoms with van der Waals surface area (Å²) in [7, 11) is 0. The normalized spacial score (nSPS) is 13.1. The van der Waals surface area contributed by atoms with E-state index in [4.69, 9.17) is 0 Å². The van der Waals surface area contributed by atoms with Gasteiger partial charge in [0.15, 0.2) is 0 Å². The quantitative estimate of drug-likeness (QED) is 0.585. The van der Waals surface area contributed by atoms with E-state index < -0.39 is 0 Å². The molecule has 0 fully saturated rings. The molecular weight excluding hydrogens is 272 g/mol. The largest absolute Gasteiger partial charge is 0.507 e. The minimum atomic E-state index is -0.357. The van der Waals surface area contributed by atoms with E-state index in [1.165, 1.54) is 5.57 Å². The predicted octanol–water partition coefficient (Wildman–Crippen LogP) is 5.44. The molecule has 0 aliphatic rings. The van der Waals surface area contributed by atoms with E-state index in [0.29, 0.717) is 16.7 Å². The van der Waals surface area contributed by atoms with Crippen LogP contribution >= 0.6 is 0 Å². The lowest BCUT2D eigenvalue weighted by molar-refractivity contribution is 0.447. The van der Waals surface area contributed by atoms with E-state index in [0.717, 1.165) is 11.1 Å². The first kappa shape index (κ1) is 16.4. The number of allylic oxidation sites excluding steroid dienone is 2. The smallest absolute Gasteiger partial charge is 0.127 e. The van der Waals surface area contributed by atoms with Crippen molar-refractivity contribution in [2.24, 2.45) is 5.92 Å². The monoisotopic (exact) mass is 298 g/mol. The van der Waals surface area contributed by atoms with E-state index in [2.05, 4.69) is 40.7 Å². The first-order chi connectivity index (χ1) is 10.2. The van der Waals surface area contributed by atoms with Gasteiger partial charge in [0.25, 0.3) is 0 Å². The van der Waals surface area contributed by atoms with Crippen molar-refractivity contribution < 1.29 is 10.2 Å². The van der Waals surface area contributed by atoms with Crippen molar-refractivity contribution >= 4 is 10.8 Å². The number of benzene rings is 2. The molecule has 0 bridgehead atoms. The Labute approximate surface area is 133 Å². The van der Waals surface area contributed by atoms with Crippen LogP contribution < -0.4 is 0 Å². The van der Waals surface area contributed by atoms with Gasteiger partial charge in [-0.25, -0.2) is 0 Å². The summed E-state index contributed by atoms with van der Waals surface area (Å²) in [4.78, 5) is 0. The van der Waals surface area contributed by atoms with Gasteiger partial charge in [0.1, 0.15) is 11.5 Å². The zero-order chi connectivity index (χ0) is 16.7. The molecule has 0 radical (unpaired) electrons. The van der Waals surface area contributed by atoms with E-state index in [-0.39, 0.29) is 16.9 Å². The molecule has 0 atom stereocenters. The van der Waals surface area contributed by atoms with Gasteiger partial charge in [-0.2, -0.15) is 0 Å². The van der Waals surface area contributed by atoms with Gasteiger partial charge in [-0.15, -0.1) is 0 Å². The Morgan fingerprint density at radius 2 is 1.55 bits per heavy atom. The first-order valence-electron chi connectivity index (χ1n) is 7.80. The van der Waals surface area contributed by atoms with Gasteiger partial charge in [-0.3, -0.25) is 0 Å². The Hall–Kier alpha value is -1.96. The van der Waals surface area contributed by atoms with Crippen molar-refractivity contribution in [3.8, 4) is 11.5 Å². The molecule has 0 amide bonds. The van der Waals surface area contributed by atoms with E-state index >= 15 is 0 Å². The number of phenolic OH excluding ortho intramolecular Hbond substituents is 2. The third-order valence-electron chi connectivity index (χ3n) is 4.55. The highest BCUT2D eigenvalue weighted by Gasteiger charge is 2.28. The third-order valence-corrected chi connectivity index (χ3v) is 4.55. The summed E-state index contributed by atoms with van der Waals surface area (Å²) < 4.78 is 0. The Morgan fingerprint density at radius 3 is 2.05 bits per heavy atom.